The highest BCUT2D eigenvalue weighted by Gasteiger charge is 2.13. The van der Waals surface area contributed by atoms with Crippen molar-refractivity contribution in [1.82, 2.24) is 0 Å². The van der Waals surface area contributed by atoms with Crippen LogP contribution in [0.5, 0.6) is 5.75 Å². The van der Waals surface area contributed by atoms with E-state index in [0.29, 0.717) is 12.9 Å². The predicted octanol–water partition coefficient (Wildman–Crippen LogP) is 2.52. The van der Waals surface area contributed by atoms with Gasteiger partial charge in [-0.3, -0.25) is 4.79 Å². The number of rotatable bonds is 2. The minimum absolute atomic E-state index is 0.180. The van der Waals surface area contributed by atoms with Gasteiger partial charge in [-0.25, -0.2) is 4.79 Å². The summed E-state index contributed by atoms with van der Waals surface area (Å²) in [4.78, 5) is 21.5. The normalized spacial score (nSPS) is 9.80. The molecule has 6 heteroatoms. The Labute approximate surface area is 113 Å². The van der Waals surface area contributed by atoms with E-state index in [1.54, 1.807) is 0 Å². The number of carbonyl (C=O) groups excluding carboxylic acids is 1. The summed E-state index contributed by atoms with van der Waals surface area (Å²) in [7, 11) is 0. The monoisotopic (exact) mass is 432 g/mol. The molecule has 0 aliphatic heterocycles. The minimum Gasteiger partial charge on any atom is -0.478 e. The van der Waals surface area contributed by atoms with E-state index in [0.717, 1.165) is 0 Å². The number of carboxylic acid groups (broad SMARTS) is 1. The number of hydrogen-bond donors (Lipinski definition) is 1. The lowest BCUT2D eigenvalue weighted by molar-refractivity contribution is -0.132. The van der Waals surface area contributed by atoms with Crippen LogP contribution in [-0.2, 0) is 4.79 Å². The molecule has 0 spiro atoms. The second kappa shape index (κ2) is 5.10. The van der Waals surface area contributed by atoms with Crippen LogP contribution in [0, 0.1) is 7.14 Å². The van der Waals surface area contributed by atoms with Gasteiger partial charge in [0.05, 0.1) is 12.7 Å². The maximum absolute atomic E-state index is 10.8. The minimum atomic E-state index is -1.000. The van der Waals surface area contributed by atoms with E-state index in [9.17, 15) is 9.59 Å². The Bertz CT molecular complexity index is 405. The lowest BCUT2D eigenvalue weighted by Crippen LogP contribution is -2.06. The third kappa shape index (κ3) is 3.30. The Kier molecular flexibility index (Phi) is 4.32. The van der Waals surface area contributed by atoms with Gasteiger partial charge in [0.15, 0.2) is 5.75 Å². The highest BCUT2D eigenvalue weighted by atomic mass is 127. The Balaban J connectivity index is 3.21. The van der Waals surface area contributed by atoms with Crippen LogP contribution in [0.2, 0.25) is 0 Å². The van der Waals surface area contributed by atoms with Crippen molar-refractivity contribution in [3.8, 4) is 5.75 Å². The molecule has 0 aromatic heterocycles. The molecule has 80 valence electrons. The number of carbonyl (C=O) groups is 2. The zero-order valence-electron chi connectivity index (χ0n) is 7.58. The van der Waals surface area contributed by atoms with Crippen molar-refractivity contribution in [3.05, 3.63) is 24.8 Å². The summed E-state index contributed by atoms with van der Waals surface area (Å²) in [6.45, 7) is 1.30. The Morgan fingerprint density at radius 2 is 1.73 bits per heavy atom. The number of benzene rings is 1. The standard InChI is InChI=1S/C9H6I2O4/c1-4(12)15-8-6(10)2-5(9(13)14)3-7(8)11/h2-3H,1H3,(H,13,14). The smallest absolute Gasteiger partial charge is 0.335 e. The Morgan fingerprint density at radius 1 is 1.27 bits per heavy atom. The molecule has 15 heavy (non-hydrogen) atoms. The Morgan fingerprint density at radius 3 is 2.07 bits per heavy atom. The van der Waals surface area contributed by atoms with Crippen molar-refractivity contribution >= 4 is 57.1 Å². The van der Waals surface area contributed by atoms with Gasteiger partial charge in [-0.1, -0.05) is 0 Å². The van der Waals surface area contributed by atoms with E-state index in [4.69, 9.17) is 9.84 Å². The molecular formula is C9H6I2O4. The molecule has 0 radical (unpaired) electrons. The summed E-state index contributed by atoms with van der Waals surface area (Å²) in [5.41, 5.74) is 0.180. The highest BCUT2D eigenvalue weighted by Crippen LogP contribution is 2.29. The summed E-state index contributed by atoms with van der Waals surface area (Å²) < 4.78 is 6.17. The third-order valence-corrected chi connectivity index (χ3v) is 3.09. The van der Waals surface area contributed by atoms with Gasteiger partial charge < -0.3 is 9.84 Å². The first kappa shape index (κ1) is 12.7. The van der Waals surface area contributed by atoms with Gasteiger partial charge in [0.25, 0.3) is 0 Å². The zero-order chi connectivity index (χ0) is 11.6. The number of halogens is 2. The van der Waals surface area contributed by atoms with E-state index in [2.05, 4.69) is 0 Å². The van der Waals surface area contributed by atoms with Crippen molar-refractivity contribution in [3.63, 3.8) is 0 Å². The van der Waals surface area contributed by atoms with E-state index in [1.807, 2.05) is 45.2 Å². The summed E-state index contributed by atoms with van der Waals surface area (Å²) in [5, 5.41) is 8.79. The number of esters is 1. The molecule has 1 N–H and O–H groups in total. The number of aromatic carboxylic acids is 1. The van der Waals surface area contributed by atoms with Gasteiger partial charge in [0.2, 0.25) is 0 Å². The van der Waals surface area contributed by atoms with Crippen LogP contribution in [0.3, 0.4) is 0 Å². The maximum atomic E-state index is 10.8. The van der Waals surface area contributed by atoms with Crippen LogP contribution < -0.4 is 4.74 Å². The molecule has 1 rings (SSSR count). The van der Waals surface area contributed by atoms with Gasteiger partial charge in [-0.05, 0) is 57.3 Å². The number of ether oxygens (including phenoxy) is 1. The fourth-order valence-electron chi connectivity index (χ4n) is 0.925. The average molecular weight is 432 g/mol. The van der Waals surface area contributed by atoms with Gasteiger partial charge in [0.1, 0.15) is 0 Å². The summed E-state index contributed by atoms with van der Waals surface area (Å²) >= 11 is 3.87. The summed E-state index contributed by atoms with van der Waals surface area (Å²) in [5.74, 6) is -1.01. The van der Waals surface area contributed by atoms with Crippen molar-refractivity contribution in [1.29, 1.82) is 0 Å². The fourth-order valence-corrected chi connectivity index (χ4v) is 2.91. The molecule has 0 unspecified atom stereocenters. The first-order valence-corrected chi connectivity index (χ1v) is 5.98. The highest BCUT2D eigenvalue weighted by molar-refractivity contribution is 14.1. The zero-order valence-corrected chi connectivity index (χ0v) is 11.9. The SMILES string of the molecule is CC(=O)Oc1c(I)cc(C(=O)O)cc1I. The molecule has 1 aromatic carbocycles. The number of hydrogen-bond acceptors (Lipinski definition) is 3. The lowest BCUT2D eigenvalue weighted by atomic mass is 10.2. The fraction of sp³-hybridized carbons (Fsp3) is 0.111. The third-order valence-electron chi connectivity index (χ3n) is 1.49. The van der Waals surface area contributed by atoms with Crippen LogP contribution >= 0.6 is 45.2 Å². The van der Waals surface area contributed by atoms with Gasteiger partial charge in [0, 0.05) is 6.92 Å². The van der Waals surface area contributed by atoms with Gasteiger partial charge in [-0.15, -0.1) is 0 Å². The lowest BCUT2D eigenvalue weighted by Gasteiger charge is -2.07. The molecule has 4 nitrogen and oxygen atoms in total. The molecule has 0 saturated carbocycles. The molecular weight excluding hydrogens is 426 g/mol. The molecule has 0 aliphatic rings. The van der Waals surface area contributed by atoms with Gasteiger partial charge >= 0.3 is 11.9 Å². The number of carboxylic acids is 1. The second-order valence-corrected chi connectivity index (χ2v) is 4.99. The van der Waals surface area contributed by atoms with Crippen LogP contribution in [0.25, 0.3) is 0 Å². The van der Waals surface area contributed by atoms with Crippen LogP contribution in [0.4, 0.5) is 0 Å². The molecule has 0 fully saturated rings. The maximum Gasteiger partial charge on any atom is 0.335 e. The molecule has 0 heterocycles. The molecule has 0 saturated heterocycles. The predicted molar refractivity (Wildman–Crippen MR) is 70.1 cm³/mol. The Hall–Kier alpha value is -0.380. The van der Waals surface area contributed by atoms with E-state index in [1.165, 1.54) is 19.1 Å². The average Bonchev–Trinajstić information content (AvgIpc) is 2.10. The van der Waals surface area contributed by atoms with E-state index < -0.39 is 11.9 Å². The first-order valence-electron chi connectivity index (χ1n) is 3.82. The van der Waals surface area contributed by atoms with E-state index in [-0.39, 0.29) is 5.56 Å². The van der Waals surface area contributed by atoms with Crippen LogP contribution in [0.15, 0.2) is 12.1 Å². The van der Waals surface area contributed by atoms with Gasteiger partial charge in [-0.2, -0.15) is 0 Å². The van der Waals surface area contributed by atoms with Crippen LogP contribution in [-0.4, -0.2) is 17.0 Å². The topological polar surface area (TPSA) is 63.6 Å². The molecule has 0 amide bonds. The van der Waals surface area contributed by atoms with Crippen molar-refractivity contribution in [2.75, 3.05) is 0 Å². The summed E-state index contributed by atoms with van der Waals surface area (Å²) in [6, 6.07) is 2.92. The second-order valence-electron chi connectivity index (χ2n) is 2.67. The molecule has 0 bridgehead atoms. The molecule has 0 atom stereocenters. The quantitative estimate of drug-likeness (QED) is 0.444. The summed E-state index contributed by atoms with van der Waals surface area (Å²) in [6.07, 6.45) is 0. The largest absolute Gasteiger partial charge is 0.478 e. The van der Waals surface area contributed by atoms with Crippen molar-refractivity contribution in [2.24, 2.45) is 0 Å². The first-order chi connectivity index (χ1) is 6.91. The van der Waals surface area contributed by atoms with Crippen molar-refractivity contribution < 1.29 is 19.4 Å². The molecule has 0 aliphatic carbocycles. The van der Waals surface area contributed by atoms with Crippen molar-refractivity contribution in [2.45, 2.75) is 6.92 Å². The van der Waals surface area contributed by atoms with Crippen LogP contribution in [0.1, 0.15) is 17.3 Å². The molecule has 1 aromatic rings. The van der Waals surface area contributed by atoms with E-state index >= 15 is 0 Å².